The van der Waals surface area contributed by atoms with E-state index in [0.29, 0.717) is 12.5 Å². The topological polar surface area (TPSA) is 38.3 Å². The molecule has 3 nitrogen and oxygen atoms in total. The molecule has 1 amide bonds. The van der Waals surface area contributed by atoms with Crippen LogP contribution in [0, 0.1) is 18.7 Å². The van der Waals surface area contributed by atoms with E-state index >= 15 is 0 Å². The average Bonchev–Trinajstić information content (AvgIpc) is 3.12. The van der Waals surface area contributed by atoms with Crippen LogP contribution in [0.3, 0.4) is 0 Å². The highest BCUT2D eigenvalue weighted by atomic mass is 19.1. The van der Waals surface area contributed by atoms with E-state index in [1.165, 1.54) is 12.1 Å². The van der Waals surface area contributed by atoms with Gasteiger partial charge in [-0.2, -0.15) is 0 Å². The summed E-state index contributed by atoms with van der Waals surface area (Å²) in [6, 6.07) is 12.1. The Labute approximate surface area is 160 Å². The van der Waals surface area contributed by atoms with Crippen LogP contribution in [0.2, 0.25) is 0 Å². The number of rotatable bonds is 6. The van der Waals surface area contributed by atoms with Crippen molar-refractivity contribution in [1.29, 1.82) is 0 Å². The molecule has 3 rings (SSSR count). The van der Waals surface area contributed by atoms with Crippen LogP contribution in [0.1, 0.15) is 50.7 Å². The summed E-state index contributed by atoms with van der Waals surface area (Å²) in [6.45, 7) is 6.87. The molecule has 27 heavy (non-hydrogen) atoms. The quantitative estimate of drug-likeness (QED) is 0.718. The molecule has 0 radical (unpaired) electrons. The first-order valence-electron chi connectivity index (χ1n) is 9.72. The first kappa shape index (κ1) is 19.4. The Kier molecular flexibility index (Phi) is 5.83. The predicted octanol–water partition coefficient (Wildman–Crippen LogP) is 5.62. The Balaban J connectivity index is 1.78. The van der Waals surface area contributed by atoms with E-state index in [-0.39, 0.29) is 11.7 Å². The lowest BCUT2D eigenvalue weighted by Gasteiger charge is -2.28. The van der Waals surface area contributed by atoms with E-state index in [4.69, 9.17) is 4.74 Å². The highest BCUT2D eigenvalue weighted by Gasteiger charge is 2.42. The van der Waals surface area contributed by atoms with Crippen molar-refractivity contribution >= 4 is 11.6 Å². The lowest BCUT2D eigenvalue weighted by atomic mass is 9.78. The number of aryl methyl sites for hydroxylation is 1. The van der Waals surface area contributed by atoms with Gasteiger partial charge < -0.3 is 10.1 Å². The lowest BCUT2D eigenvalue weighted by Crippen LogP contribution is -2.38. The zero-order valence-corrected chi connectivity index (χ0v) is 16.3. The van der Waals surface area contributed by atoms with Gasteiger partial charge in [-0.05, 0) is 67.1 Å². The Morgan fingerprint density at radius 3 is 2.41 bits per heavy atom. The Morgan fingerprint density at radius 1 is 1.15 bits per heavy atom. The van der Waals surface area contributed by atoms with E-state index < -0.39 is 5.41 Å². The number of carbonyl (C=O) groups is 1. The molecule has 0 aliphatic heterocycles. The van der Waals surface area contributed by atoms with Gasteiger partial charge >= 0.3 is 0 Å². The molecule has 0 bridgehead atoms. The summed E-state index contributed by atoms with van der Waals surface area (Å²) in [6.07, 6.45) is 3.59. The molecule has 0 aromatic heterocycles. The molecule has 0 unspecified atom stereocenters. The van der Waals surface area contributed by atoms with Gasteiger partial charge in [0.2, 0.25) is 5.91 Å². The molecule has 0 heterocycles. The summed E-state index contributed by atoms with van der Waals surface area (Å²) in [5.41, 5.74) is 2.08. The third-order valence-corrected chi connectivity index (χ3v) is 5.29. The lowest BCUT2D eigenvalue weighted by molar-refractivity contribution is -0.121. The number of ether oxygens (including phenoxy) is 1. The molecule has 0 spiro atoms. The first-order valence-corrected chi connectivity index (χ1v) is 9.72. The van der Waals surface area contributed by atoms with Crippen LogP contribution < -0.4 is 10.1 Å². The molecule has 2 aromatic carbocycles. The minimum Gasteiger partial charge on any atom is -0.493 e. The number of hydrogen-bond acceptors (Lipinski definition) is 2. The fourth-order valence-electron chi connectivity index (χ4n) is 3.79. The number of benzene rings is 2. The number of carbonyl (C=O) groups excluding carboxylic acids is 1. The van der Waals surface area contributed by atoms with Crippen LogP contribution in [-0.4, -0.2) is 12.5 Å². The molecule has 4 heteroatoms. The molecule has 0 atom stereocenters. The second-order valence-corrected chi connectivity index (χ2v) is 7.94. The number of hydrogen-bond donors (Lipinski definition) is 1. The van der Waals surface area contributed by atoms with Crippen LogP contribution in [0.5, 0.6) is 5.75 Å². The monoisotopic (exact) mass is 369 g/mol. The van der Waals surface area contributed by atoms with Crippen molar-refractivity contribution in [2.45, 2.75) is 51.9 Å². The van der Waals surface area contributed by atoms with Crippen LogP contribution >= 0.6 is 0 Å². The summed E-state index contributed by atoms with van der Waals surface area (Å²) in [4.78, 5) is 13.2. The van der Waals surface area contributed by atoms with Gasteiger partial charge in [-0.25, -0.2) is 4.39 Å². The van der Waals surface area contributed by atoms with Crippen molar-refractivity contribution in [3.05, 3.63) is 59.4 Å². The van der Waals surface area contributed by atoms with E-state index in [1.54, 1.807) is 12.1 Å². The summed E-state index contributed by atoms with van der Waals surface area (Å²) < 4.78 is 19.1. The number of nitrogens with one attached hydrogen (secondary N) is 1. The van der Waals surface area contributed by atoms with Gasteiger partial charge in [0.25, 0.3) is 0 Å². The van der Waals surface area contributed by atoms with Crippen LogP contribution in [0.15, 0.2) is 42.5 Å². The molecule has 0 saturated heterocycles. The van der Waals surface area contributed by atoms with E-state index in [1.807, 2.05) is 25.1 Å². The summed E-state index contributed by atoms with van der Waals surface area (Å²) in [5.74, 6) is 1.01. The maximum Gasteiger partial charge on any atom is 0.235 e. The maximum absolute atomic E-state index is 13.3. The van der Waals surface area contributed by atoms with Gasteiger partial charge in [-0.1, -0.05) is 38.8 Å². The molecule has 1 aliphatic rings. The summed E-state index contributed by atoms with van der Waals surface area (Å²) in [7, 11) is 0. The normalized spacial score (nSPS) is 15.7. The van der Waals surface area contributed by atoms with Crippen LogP contribution in [-0.2, 0) is 10.2 Å². The van der Waals surface area contributed by atoms with Crippen molar-refractivity contribution in [1.82, 2.24) is 0 Å². The minimum atomic E-state index is -0.575. The second-order valence-electron chi connectivity index (χ2n) is 7.94. The molecule has 2 aromatic rings. The van der Waals surface area contributed by atoms with E-state index in [9.17, 15) is 9.18 Å². The number of halogens is 1. The summed E-state index contributed by atoms with van der Waals surface area (Å²) >= 11 is 0. The zero-order chi connectivity index (χ0) is 19.4. The Morgan fingerprint density at radius 2 is 1.81 bits per heavy atom. The molecule has 1 aliphatic carbocycles. The molecule has 144 valence electrons. The van der Waals surface area contributed by atoms with Crippen LogP contribution in [0.25, 0.3) is 0 Å². The van der Waals surface area contributed by atoms with Gasteiger partial charge in [-0.15, -0.1) is 0 Å². The standard InChI is InChI=1S/C23H28FNO2/c1-16(2)15-27-21-11-10-20(14-17(21)3)25-22(26)23(12-4-5-13-23)18-6-8-19(24)9-7-18/h6-11,14,16H,4-5,12-13,15H2,1-3H3,(H,25,26). The van der Waals surface area contributed by atoms with Gasteiger partial charge in [0.15, 0.2) is 0 Å². The Bertz CT molecular complexity index is 793. The molecule has 1 N–H and O–H groups in total. The van der Waals surface area contributed by atoms with Crippen molar-refractivity contribution in [3.63, 3.8) is 0 Å². The fraction of sp³-hybridized carbons (Fsp3) is 0.435. The third kappa shape index (κ3) is 4.32. The van der Waals surface area contributed by atoms with E-state index in [0.717, 1.165) is 48.2 Å². The Hall–Kier alpha value is -2.36. The molecular weight excluding hydrogens is 341 g/mol. The minimum absolute atomic E-state index is 0.0122. The molecule has 1 fully saturated rings. The first-order chi connectivity index (χ1) is 12.9. The predicted molar refractivity (Wildman–Crippen MR) is 107 cm³/mol. The van der Waals surface area contributed by atoms with E-state index in [2.05, 4.69) is 19.2 Å². The van der Waals surface area contributed by atoms with Crippen LogP contribution in [0.4, 0.5) is 10.1 Å². The largest absolute Gasteiger partial charge is 0.493 e. The number of amides is 1. The highest BCUT2D eigenvalue weighted by Crippen LogP contribution is 2.42. The van der Waals surface area contributed by atoms with Crippen molar-refractivity contribution in [3.8, 4) is 5.75 Å². The maximum atomic E-state index is 13.3. The van der Waals surface area contributed by atoms with Crippen molar-refractivity contribution < 1.29 is 13.9 Å². The summed E-state index contributed by atoms with van der Waals surface area (Å²) in [5, 5.41) is 3.08. The third-order valence-electron chi connectivity index (χ3n) is 5.29. The van der Waals surface area contributed by atoms with Gasteiger partial charge in [0, 0.05) is 5.69 Å². The molecular formula is C23H28FNO2. The number of anilines is 1. The smallest absolute Gasteiger partial charge is 0.235 e. The molecule has 1 saturated carbocycles. The van der Waals surface area contributed by atoms with Gasteiger partial charge in [-0.3, -0.25) is 4.79 Å². The van der Waals surface area contributed by atoms with Gasteiger partial charge in [0.05, 0.1) is 12.0 Å². The second kappa shape index (κ2) is 8.12. The SMILES string of the molecule is Cc1cc(NC(=O)C2(c3ccc(F)cc3)CCCC2)ccc1OCC(C)C. The van der Waals surface area contributed by atoms with Gasteiger partial charge in [0.1, 0.15) is 11.6 Å². The average molecular weight is 369 g/mol. The fourth-order valence-corrected chi connectivity index (χ4v) is 3.79. The zero-order valence-electron chi connectivity index (χ0n) is 16.3. The highest BCUT2D eigenvalue weighted by molar-refractivity contribution is 5.99. The van der Waals surface area contributed by atoms with Crippen molar-refractivity contribution in [2.24, 2.45) is 5.92 Å². The van der Waals surface area contributed by atoms with Crippen molar-refractivity contribution in [2.75, 3.05) is 11.9 Å².